The molecule has 1 aromatic heterocycles. The van der Waals surface area contributed by atoms with E-state index in [2.05, 4.69) is 6.07 Å². The number of morpholine rings is 1. The van der Waals surface area contributed by atoms with E-state index >= 15 is 0 Å². The summed E-state index contributed by atoms with van der Waals surface area (Å²) in [6.45, 7) is 2.50. The molecule has 1 unspecified atom stereocenters. The fourth-order valence-corrected chi connectivity index (χ4v) is 4.15. The van der Waals surface area contributed by atoms with Crippen LogP contribution >= 0.6 is 11.8 Å². The number of hydrogen-bond donors (Lipinski definition) is 0. The van der Waals surface area contributed by atoms with E-state index in [0.717, 1.165) is 21.5 Å². The molecule has 0 spiro atoms. The number of aromatic nitrogens is 1. The number of pyridine rings is 1. The van der Waals surface area contributed by atoms with Gasteiger partial charge in [-0.3, -0.25) is 4.79 Å². The van der Waals surface area contributed by atoms with Gasteiger partial charge in [0, 0.05) is 18.5 Å². The first kappa shape index (κ1) is 17.1. The molecule has 0 radical (unpaired) electrons. The van der Waals surface area contributed by atoms with E-state index < -0.39 is 0 Å². The molecule has 4 rings (SSSR count). The second-order valence-corrected chi connectivity index (χ2v) is 7.31. The number of carbonyl (C=O) groups is 1. The maximum atomic E-state index is 13.2. The lowest BCUT2D eigenvalue weighted by Gasteiger charge is -2.30. The van der Waals surface area contributed by atoms with Crippen LogP contribution in [-0.4, -0.2) is 42.1 Å². The molecule has 0 aliphatic carbocycles. The number of fused-ring (bicyclic) bond motifs is 1. The third-order valence-electron chi connectivity index (χ3n) is 4.46. The highest BCUT2D eigenvalue weighted by Gasteiger charge is 2.28. The minimum absolute atomic E-state index is 0.124. The summed E-state index contributed by atoms with van der Waals surface area (Å²) in [5, 5.41) is 1.66. The van der Waals surface area contributed by atoms with Crippen molar-refractivity contribution in [3.05, 3.63) is 72.3 Å². The molecule has 1 amide bonds. The van der Waals surface area contributed by atoms with Crippen LogP contribution in [0, 0.1) is 0 Å². The molecule has 1 saturated heterocycles. The highest BCUT2D eigenvalue weighted by molar-refractivity contribution is 8.00. The van der Waals surface area contributed by atoms with Gasteiger partial charge in [-0.15, -0.1) is 0 Å². The van der Waals surface area contributed by atoms with E-state index in [1.165, 1.54) is 11.8 Å². The lowest BCUT2D eigenvalue weighted by molar-refractivity contribution is -0.134. The zero-order chi connectivity index (χ0) is 17.8. The van der Waals surface area contributed by atoms with Gasteiger partial charge in [0.2, 0.25) is 5.91 Å². The van der Waals surface area contributed by atoms with Crippen LogP contribution in [0.3, 0.4) is 0 Å². The van der Waals surface area contributed by atoms with Crippen LogP contribution < -0.4 is 0 Å². The molecule has 0 saturated carbocycles. The molecule has 2 aromatic carbocycles. The number of thioether (sulfide) groups is 1. The van der Waals surface area contributed by atoms with E-state index in [9.17, 15) is 4.79 Å². The van der Waals surface area contributed by atoms with E-state index in [1.807, 2.05) is 65.6 Å². The normalized spacial score (nSPS) is 15.8. The SMILES string of the molecule is O=C(C(Sc1ccc2ccccc2n1)c1ccccc1)N1CCOCC1. The average molecular weight is 364 g/mol. The van der Waals surface area contributed by atoms with Crippen LogP contribution in [0.25, 0.3) is 10.9 Å². The summed E-state index contributed by atoms with van der Waals surface area (Å²) in [5.74, 6) is 0.124. The van der Waals surface area contributed by atoms with Gasteiger partial charge in [0.1, 0.15) is 5.25 Å². The molecule has 1 fully saturated rings. The van der Waals surface area contributed by atoms with E-state index in [-0.39, 0.29) is 11.2 Å². The van der Waals surface area contributed by atoms with Crippen LogP contribution in [-0.2, 0) is 9.53 Å². The van der Waals surface area contributed by atoms with Crippen molar-refractivity contribution in [3.63, 3.8) is 0 Å². The van der Waals surface area contributed by atoms with Gasteiger partial charge in [-0.25, -0.2) is 4.98 Å². The molecule has 4 nitrogen and oxygen atoms in total. The minimum Gasteiger partial charge on any atom is -0.378 e. The summed E-state index contributed by atoms with van der Waals surface area (Å²) in [6.07, 6.45) is 0. The zero-order valence-corrected chi connectivity index (χ0v) is 15.2. The van der Waals surface area contributed by atoms with E-state index in [0.29, 0.717) is 26.3 Å². The molecular weight excluding hydrogens is 344 g/mol. The van der Waals surface area contributed by atoms with Crippen molar-refractivity contribution >= 4 is 28.6 Å². The fraction of sp³-hybridized carbons (Fsp3) is 0.238. The number of amides is 1. The minimum atomic E-state index is -0.303. The summed E-state index contributed by atoms with van der Waals surface area (Å²) in [5.41, 5.74) is 1.95. The van der Waals surface area contributed by atoms with Crippen molar-refractivity contribution < 1.29 is 9.53 Å². The molecule has 0 bridgehead atoms. The Morgan fingerprint density at radius 2 is 1.69 bits per heavy atom. The van der Waals surface area contributed by atoms with Gasteiger partial charge >= 0.3 is 0 Å². The van der Waals surface area contributed by atoms with Gasteiger partial charge in [0.05, 0.1) is 23.8 Å². The first-order valence-electron chi connectivity index (χ1n) is 8.75. The summed E-state index contributed by atoms with van der Waals surface area (Å²) in [6, 6.07) is 22.0. The Labute approximate surface area is 157 Å². The maximum Gasteiger partial charge on any atom is 0.240 e. The van der Waals surface area contributed by atoms with Crippen molar-refractivity contribution in [1.29, 1.82) is 0 Å². The maximum absolute atomic E-state index is 13.2. The summed E-state index contributed by atoms with van der Waals surface area (Å²) in [7, 11) is 0. The van der Waals surface area contributed by atoms with Gasteiger partial charge in [-0.1, -0.05) is 66.4 Å². The van der Waals surface area contributed by atoms with Crippen LogP contribution in [0.5, 0.6) is 0 Å². The molecule has 5 heteroatoms. The molecule has 2 heterocycles. The Morgan fingerprint density at radius 1 is 0.962 bits per heavy atom. The summed E-state index contributed by atoms with van der Waals surface area (Å²) < 4.78 is 5.39. The van der Waals surface area contributed by atoms with Gasteiger partial charge in [-0.2, -0.15) is 0 Å². The predicted molar refractivity (Wildman–Crippen MR) is 104 cm³/mol. The third-order valence-corrected chi connectivity index (χ3v) is 5.64. The molecule has 26 heavy (non-hydrogen) atoms. The number of ether oxygens (including phenoxy) is 1. The summed E-state index contributed by atoms with van der Waals surface area (Å²) in [4.78, 5) is 19.8. The lowest BCUT2D eigenvalue weighted by atomic mass is 10.1. The zero-order valence-electron chi connectivity index (χ0n) is 14.4. The van der Waals surface area contributed by atoms with Crippen molar-refractivity contribution in [2.45, 2.75) is 10.3 Å². The van der Waals surface area contributed by atoms with Crippen LogP contribution in [0.1, 0.15) is 10.8 Å². The van der Waals surface area contributed by atoms with Crippen LogP contribution in [0.4, 0.5) is 0 Å². The topological polar surface area (TPSA) is 42.4 Å². The molecule has 0 N–H and O–H groups in total. The molecule has 1 aliphatic heterocycles. The third kappa shape index (κ3) is 3.74. The first-order chi connectivity index (χ1) is 12.8. The van der Waals surface area contributed by atoms with Crippen molar-refractivity contribution in [1.82, 2.24) is 9.88 Å². The van der Waals surface area contributed by atoms with E-state index in [4.69, 9.17) is 9.72 Å². The second kappa shape index (κ2) is 7.89. The van der Waals surface area contributed by atoms with Gasteiger partial charge in [0.25, 0.3) is 0 Å². The smallest absolute Gasteiger partial charge is 0.240 e. The van der Waals surface area contributed by atoms with Gasteiger partial charge < -0.3 is 9.64 Å². The molecule has 132 valence electrons. The largest absolute Gasteiger partial charge is 0.378 e. The van der Waals surface area contributed by atoms with Gasteiger partial charge in [0.15, 0.2) is 0 Å². The number of nitrogens with zero attached hydrogens (tertiary/aromatic N) is 2. The number of rotatable bonds is 4. The highest BCUT2D eigenvalue weighted by Crippen LogP contribution is 2.36. The molecular formula is C21H20N2O2S. The Morgan fingerprint density at radius 3 is 2.50 bits per heavy atom. The molecule has 3 aromatic rings. The lowest BCUT2D eigenvalue weighted by Crippen LogP contribution is -2.42. The van der Waals surface area contributed by atoms with E-state index in [1.54, 1.807) is 0 Å². The second-order valence-electron chi connectivity index (χ2n) is 6.19. The number of hydrogen-bond acceptors (Lipinski definition) is 4. The Balaban J connectivity index is 1.64. The predicted octanol–water partition coefficient (Wildman–Crippen LogP) is 3.93. The first-order valence-corrected chi connectivity index (χ1v) is 9.63. The standard InChI is InChI=1S/C21H20N2O2S/c24-21(23-12-14-25-15-13-23)20(17-7-2-1-3-8-17)26-19-11-10-16-6-4-5-9-18(16)22-19/h1-11,20H,12-15H2. The Kier molecular flexibility index (Phi) is 5.18. The number of benzene rings is 2. The number of para-hydroxylation sites is 1. The van der Waals surface area contributed by atoms with Crippen molar-refractivity contribution in [2.24, 2.45) is 0 Å². The van der Waals surface area contributed by atoms with Crippen LogP contribution in [0.2, 0.25) is 0 Å². The quantitative estimate of drug-likeness (QED) is 0.658. The number of carbonyl (C=O) groups excluding carboxylic acids is 1. The average Bonchev–Trinajstić information content (AvgIpc) is 2.73. The monoisotopic (exact) mass is 364 g/mol. The van der Waals surface area contributed by atoms with Crippen molar-refractivity contribution in [3.8, 4) is 0 Å². The Bertz CT molecular complexity index is 895. The van der Waals surface area contributed by atoms with Crippen molar-refractivity contribution in [2.75, 3.05) is 26.3 Å². The fourth-order valence-electron chi connectivity index (χ4n) is 3.07. The summed E-state index contributed by atoms with van der Waals surface area (Å²) >= 11 is 1.52. The van der Waals surface area contributed by atoms with Crippen LogP contribution in [0.15, 0.2) is 71.8 Å². The molecule has 1 atom stereocenters. The Hall–Kier alpha value is -2.37. The highest BCUT2D eigenvalue weighted by atomic mass is 32.2. The van der Waals surface area contributed by atoms with Gasteiger partial charge in [-0.05, 0) is 17.7 Å². The molecule has 1 aliphatic rings.